The molecular formula is C14H23N3OS. The molecule has 1 unspecified atom stereocenters. The predicted molar refractivity (Wildman–Crippen MR) is 79.5 cm³/mol. The molecule has 0 aliphatic carbocycles. The first kappa shape index (κ1) is 14.5. The summed E-state index contributed by atoms with van der Waals surface area (Å²) in [5, 5.41) is 8.29. The second kappa shape index (κ2) is 7.62. The second-order valence-corrected chi connectivity index (χ2v) is 6.16. The molecule has 1 aromatic rings. The molecule has 0 aromatic carbocycles. The first-order valence-corrected chi connectivity index (χ1v) is 7.82. The Labute approximate surface area is 119 Å². The van der Waals surface area contributed by atoms with Crippen molar-refractivity contribution in [2.75, 3.05) is 39.8 Å². The summed E-state index contributed by atoms with van der Waals surface area (Å²) < 4.78 is 0. The van der Waals surface area contributed by atoms with E-state index < -0.39 is 0 Å². The molecule has 1 aromatic heterocycles. The number of hydrogen-bond acceptors (Lipinski definition) is 4. The molecule has 19 heavy (non-hydrogen) atoms. The van der Waals surface area contributed by atoms with Gasteiger partial charge in [0.05, 0.1) is 6.54 Å². The molecule has 1 amide bonds. The van der Waals surface area contributed by atoms with Gasteiger partial charge in [0.15, 0.2) is 0 Å². The van der Waals surface area contributed by atoms with Crippen molar-refractivity contribution in [1.82, 2.24) is 15.5 Å². The molecule has 0 bridgehead atoms. The SMILES string of the molecule is CNCC1CCN(CC(=O)NCCc2cccs2)C1. The number of carbonyl (C=O) groups excluding carboxylic acids is 1. The van der Waals surface area contributed by atoms with Gasteiger partial charge in [0.2, 0.25) is 5.91 Å². The number of hydrogen-bond donors (Lipinski definition) is 2. The van der Waals surface area contributed by atoms with E-state index in [9.17, 15) is 4.79 Å². The Balaban J connectivity index is 1.59. The summed E-state index contributed by atoms with van der Waals surface area (Å²) in [4.78, 5) is 15.4. The minimum atomic E-state index is 0.154. The number of nitrogens with zero attached hydrogens (tertiary/aromatic N) is 1. The van der Waals surface area contributed by atoms with Crippen molar-refractivity contribution in [2.45, 2.75) is 12.8 Å². The highest BCUT2D eigenvalue weighted by molar-refractivity contribution is 7.09. The van der Waals surface area contributed by atoms with E-state index in [-0.39, 0.29) is 5.91 Å². The summed E-state index contributed by atoms with van der Waals surface area (Å²) in [5.41, 5.74) is 0. The summed E-state index contributed by atoms with van der Waals surface area (Å²) in [5.74, 6) is 0.852. The lowest BCUT2D eigenvalue weighted by Crippen LogP contribution is -2.37. The summed E-state index contributed by atoms with van der Waals surface area (Å²) in [6.07, 6.45) is 2.13. The Bertz CT molecular complexity index is 380. The lowest BCUT2D eigenvalue weighted by Gasteiger charge is -2.15. The molecule has 0 radical (unpaired) electrons. The van der Waals surface area contributed by atoms with Gasteiger partial charge in [0.1, 0.15) is 0 Å². The van der Waals surface area contributed by atoms with Crippen LogP contribution in [0.5, 0.6) is 0 Å². The van der Waals surface area contributed by atoms with Gasteiger partial charge in [-0.25, -0.2) is 0 Å². The molecule has 0 saturated carbocycles. The van der Waals surface area contributed by atoms with Crippen LogP contribution in [0.4, 0.5) is 0 Å². The van der Waals surface area contributed by atoms with E-state index >= 15 is 0 Å². The molecule has 1 aliphatic rings. The van der Waals surface area contributed by atoms with Crippen molar-refractivity contribution in [1.29, 1.82) is 0 Å². The lowest BCUT2D eigenvalue weighted by atomic mass is 10.1. The van der Waals surface area contributed by atoms with Crippen molar-refractivity contribution < 1.29 is 4.79 Å². The van der Waals surface area contributed by atoms with E-state index in [1.165, 1.54) is 11.3 Å². The van der Waals surface area contributed by atoms with Crippen LogP contribution in [0.25, 0.3) is 0 Å². The fourth-order valence-electron chi connectivity index (χ4n) is 2.55. The molecule has 5 heteroatoms. The van der Waals surface area contributed by atoms with Crippen molar-refractivity contribution in [3.63, 3.8) is 0 Å². The topological polar surface area (TPSA) is 44.4 Å². The quantitative estimate of drug-likeness (QED) is 0.782. The van der Waals surface area contributed by atoms with Gasteiger partial charge in [-0.05, 0) is 50.3 Å². The van der Waals surface area contributed by atoms with Crippen LogP contribution < -0.4 is 10.6 Å². The third-order valence-electron chi connectivity index (χ3n) is 3.50. The number of rotatable bonds is 7. The number of nitrogens with one attached hydrogen (secondary N) is 2. The smallest absolute Gasteiger partial charge is 0.234 e. The Hall–Kier alpha value is -0.910. The van der Waals surface area contributed by atoms with Crippen LogP contribution in [0.15, 0.2) is 17.5 Å². The van der Waals surface area contributed by atoms with E-state index in [1.54, 1.807) is 11.3 Å². The van der Waals surface area contributed by atoms with E-state index in [4.69, 9.17) is 0 Å². The molecule has 0 spiro atoms. The Morgan fingerprint density at radius 2 is 2.47 bits per heavy atom. The van der Waals surface area contributed by atoms with Gasteiger partial charge in [-0.2, -0.15) is 0 Å². The number of likely N-dealkylation sites (tertiary alicyclic amines) is 1. The summed E-state index contributed by atoms with van der Waals surface area (Å²) >= 11 is 1.74. The highest BCUT2D eigenvalue weighted by Crippen LogP contribution is 2.14. The number of thiophene rings is 1. The van der Waals surface area contributed by atoms with Crippen molar-refractivity contribution in [2.24, 2.45) is 5.92 Å². The van der Waals surface area contributed by atoms with Crippen molar-refractivity contribution in [3.8, 4) is 0 Å². The van der Waals surface area contributed by atoms with E-state index in [2.05, 4.69) is 27.0 Å². The maximum absolute atomic E-state index is 11.8. The predicted octanol–water partition coefficient (Wildman–Crippen LogP) is 0.948. The van der Waals surface area contributed by atoms with Crippen LogP contribution in [0.2, 0.25) is 0 Å². The van der Waals surface area contributed by atoms with Crippen LogP contribution in [0, 0.1) is 5.92 Å². The molecule has 1 atom stereocenters. The van der Waals surface area contributed by atoms with E-state index in [1.807, 2.05) is 13.1 Å². The molecule has 106 valence electrons. The lowest BCUT2D eigenvalue weighted by molar-refractivity contribution is -0.122. The Morgan fingerprint density at radius 1 is 1.58 bits per heavy atom. The highest BCUT2D eigenvalue weighted by atomic mass is 32.1. The standard InChI is InChI=1S/C14H23N3OS/c1-15-9-12-5-7-17(10-12)11-14(18)16-6-4-13-3-2-8-19-13/h2-3,8,12,15H,4-7,9-11H2,1H3,(H,16,18). The normalized spacial score (nSPS) is 19.7. The number of carbonyl (C=O) groups is 1. The monoisotopic (exact) mass is 281 g/mol. The summed E-state index contributed by atoms with van der Waals surface area (Å²) in [6, 6.07) is 4.16. The van der Waals surface area contributed by atoms with Gasteiger partial charge < -0.3 is 10.6 Å². The van der Waals surface area contributed by atoms with Crippen LogP contribution in [-0.4, -0.2) is 50.6 Å². The second-order valence-electron chi connectivity index (χ2n) is 5.13. The zero-order chi connectivity index (χ0) is 13.5. The molecule has 1 saturated heterocycles. The summed E-state index contributed by atoms with van der Waals surface area (Å²) in [7, 11) is 1.99. The summed E-state index contributed by atoms with van der Waals surface area (Å²) in [6.45, 7) is 4.43. The fourth-order valence-corrected chi connectivity index (χ4v) is 3.26. The van der Waals surface area contributed by atoms with Gasteiger partial charge in [0, 0.05) is 18.0 Å². The fraction of sp³-hybridized carbons (Fsp3) is 0.643. The van der Waals surface area contributed by atoms with Crippen LogP contribution in [0.3, 0.4) is 0 Å². The Kier molecular flexibility index (Phi) is 5.82. The minimum absolute atomic E-state index is 0.154. The van der Waals surface area contributed by atoms with Crippen molar-refractivity contribution >= 4 is 17.2 Å². The van der Waals surface area contributed by atoms with E-state index in [0.717, 1.165) is 32.6 Å². The zero-order valence-electron chi connectivity index (χ0n) is 11.5. The first-order chi connectivity index (χ1) is 9.28. The minimum Gasteiger partial charge on any atom is -0.355 e. The average molecular weight is 281 g/mol. The first-order valence-electron chi connectivity index (χ1n) is 6.94. The number of amides is 1. The van der Waals surface area contributed by atoms with E-state index in [0.29, 0.717) is 12.5 Å². The largest absolute Gasteiger partial charge is 0.355 e. The molecule has 4 nitrogen and oxygen atoms in total. The highest BCUT2D eigenvalue weighted by Gasteiger charge is 2.23. The molecule has 2 heterocycles. The van der Waals surface area contributed by atoms with Gasteiger partial charge in [0.25, 0.3) is 0 Å². The van der Waals surface area contributed by atoms with Gasteiger partial charge >= 0.3 is 0 Å². The van der Waals surface area contributed by atoms with Gasteiger partial charge in [-0.15, -0.1) is 11.3 Å². The molecule has 2 rings (SSSR count). The third kappa shape index (κ3) is 4.93. The van der Waals surface area contributed by atoms with Crippen LogP contribution >= 0.6 is 11.3 Å². The van der Waals surface area contributed by atoms with Gasteiger partial charge in [-0.3, -0.25) is 9.69 Å². The zero-order valence-corrected chi connectivity index (χ0v) is 12.3. The molecule has 1 fully saturated rings. The van der Waals surface area contributed by atoms with Crippen molar-refractivity contribution in [3.05, 3.63) is 22.4 Å². The molecular weight excluding hydrogens is 258 g/mol. The Morgan fingerprint density at radius 3 is 3.21 bits per heavy atom. The van der Waals surface area contributed by atoms with Gasteiger partial charge in [-0.1, -0.05) is 6.07 Å². The molecule has 1 aliphatic heterocycles. The third-order valence-corrected chi connectivity index (χ3v) is 4.44. The average Bonchev–Trinajstić information content (AvgIpc) is 3.02. The maximum atomic E-state index is 11.8. The van der Waals surface area contributed by atoms with Crippen LogP contribution in [0.1, 0.15) is 11.3 Å². The van der Waals surface area contributed by atoms with Crippen LogP contribution in [-0.2, 0) is 11.2 Å². The molecule has 2 N–H and O–H groups in total. The maximum Gasteiger partial charge on any atom is 0.234 e.